The minimum atomic E-state index is -3.81. The molecule has 0 radical (unpaired) electrons. The maximum Gasteiger partial charge on any atom is 0.279 e. The second-order valence-corrected chi connectivity index (χ2v) is 9.15. The zero-order valence-corrected chi connectivity index (χ0v) is 18.2. The number of halogens is 1. The highest BCUT2D eigenvalue weighted by Crippen LogP contribution is 2.24. The quantitative estimate of drug-likeness (QED) is 0.581. The fourth-order valence-corrected chi connectivity index (χ4v) is 3.65. The Hall–Kier alpha value is -2.62. The number of hydrogen-bond donors (Lipinski definition) is 2. The van der Waals surface area contributed by atoms with Crippen LogP contribution in [0.3, 0.4) is 0 Å². The molecule has 3 aromatic rings. The maximum atomic E-state index is 13.0. The first kappa shape index (κ1) is 21.1. The third-order valence-electron chi connectivity index (χ3n) is 4.06. The number of H-pyrrole nitrogens is 1. The average molecular weight is 478 g/mol. The van der Waals surface area contributed by atoms with Crippen LogP contribution in [0.1, 0.15) is 19.4 Å². The van der Waals surface area contributed by atoms with Crippen LogP contribution in [0.4, 0.5) is 0 Å². The molecule has 0 aliphatic carbocycles. The standard InChI is InChI=1S/C20H20BrN3O4S/c1-12(2)28-19-9-4-15(21)10-14(19)11-18-13(3)23-24(20(18)25)16-5-7-17(8-6-16)29(22,26)27/h4-12,23H,3H2,1-2H3,(H2,22,26,27)/b18-11-. The molecule has 0 bridgehead atoms. The lowest BCUT2D eigenvalue weighted by molar-refractivity contribution is 0.242. The molecule has 7 nitrogen and oxygen atoms in total. The zero-order valence-electron chi connectivity index (χ0n) is 15.8. The Balaban J connectivity index is 2.13. The van der Waals surface area contributed by atoms with Crippen molar-refractivity contribution < 1.29 is 13.2 Å². The van der Waals surface area contributed by atoms with E-state index in [0.29, 0.717) is 22.0 Å². The van der Waals surface area contributed by atoms with E-state index in [-0.39, 0.29) is 16.6 Å². The lowest BCUT2D eigenvalue weighted by atomic mass is 10.1. The van der Waals surface area contributed by atoms with Gasteiger partial charge in [0.15, 0.2) is 0 Å². The molecule has 29 heavy (non-hydrogen) atoms. The molecule has 9 heteroatoms. The van der Waals surface area contributed by atoms with Gasteiger partial charge in [-0.15, -0.1) is 0 Å². The van der Waals surface area contributed by atoms with Gasteiger partial charge in [-0.05, 0) is 62.4 Å². The predicted octanol–water partition coefficient (Wildman–Crippen LogP) is 1.60. The second-order valence-electron chi connectivity index (χ2n) is 6.68. The number of nitrogens with two attached hydrogens (primary N) is 1. The van der Waals surface area contributed by atoms with Crippen molar-refractivity contribution in [2.45, 2.75) is 24.8 Å². The van der Waals surface area contributed by atoms with E-state index in [0.717, 1.165) is 10.0 Å². The minimum Gasteiger partial charge on any atom is -0.490 e. The fourth-order valence-electron chi connectivity index (χ4n) is 2.76. The number of benzene rings is 2. The maximum absolute atomic E-state index is 13.0. The first-order chi connectivity index (χ1) is 13.6. The number of ether oxygens (including phenoxy) is 1. The average Bonchev–Trinajstić information content (AvgIpc) is 2.91. The highest BCUT2D eigenvalue weighted by Gasteiger charge is 2.11. The highest BCUT2D eigenvalue weighted by atomic mass is 79.9. The zero-order chi connectivity index (χ0) is 21.3. The largest absolute Gasteiger partial charge is 0.490 e. The Morgan fingerprint density at radius 1 is 1.21 bits per heavy atom. The van der Waals surface area contributed by atoms with Crippen LogP contribution in [-0.4, -0.2) is 24.3 Å². The Labute approximate surface area is 176 Å². The van der Waals surface area contributed by atoms with Gasteiger partial charge in [-0.1, -0.05) is 22.5 Å². The predicted molar refractivity (Wildman–Crippen MR) is 116 cm³/mol. The van der Waals surface area contributed by atoms with E-state index in [4.69, 9.17) is 9.88 Å². The number of nitrogens with one attached hydrogen (secondary N) is 1. The molecule has 0 saturated heterocycles. The lowest BCUT2D eigenvalue weighted by Gasteiger charge is -2.12. The van der Waals surface area contributed by atoms with Gasteiger partial charge >= 0.3 is 0 Å². The molecule has 3 N–H and O–H groups in total. The molecule has 3 rings (SSSR count). The van der Waals surface area contributed by atoms with Crippen molar-refractivity contribution in [3.05, 3.63) is 73.4 Å². The normalized spacial score (nSPS) is 12.5. The van der Waals surface area contributed by atoms with Crippen molar-refractivity contribution in [3.63, 3.8) is 0 Å². The number of sulfonamides is 1. The number of primary sulfonamides is 1. The van der Waals surface area contributed by atoms with E-state index in [2.05, 4.69) is 27.6 Å². The monoisotopic (exact) mass is 477 g/mol. The summed E-state index contributed by atoms with van der Waals surface area (Å²) in [6, 6.07) is 11.2. The van der Waals surface area contributed by atoms with Crippen LogP contribution in [0.15, 0.2) is 56.6 Å². The minimum absolute atomic E-state index is 0.0252. The Kier molecular flexibility index (Phi) is 5.83. The SMILES string of the molecule is C=c1[nH]n(-c2ccc(S(N)(=O)=O)cc2)c(=O)/c1=C\c1cc(Br)ccc1OC(C)C. The Morgan fingerprint density at radius 2 is 1.86 bits per heavy atom. The summed E-state index contributed by atoms with van der Waals surface area (Å²) < 4.78 is 30.8. The molecule has 0 fully saturated rings. The van der Waals surface area contributed by atoms with Crippen LogP contribution in [0, 0.1) is 0 Å². The molecular formula is C20H20BrN3O4S. The van der Waals surface area contributed by atoms with Gasteiger partial charge in [0.2, 0.25) is 10.0 Å². The lowest BCUT2D eigenvalue weighted by Crippen LogP contribution is -2.34. The van der Waals surface area contributed by atoms with Crippen molar-refractivity contribution >= 4 is 38.6 Å². The van der Waals surface area contributed by atoms with Crippen molar-refractivity contribution in [1.29, 1.82) is 0 Å². The topological polar surface area (TPSA) is 107 Å². The van der Waals surface area contributed by atoms with Gasteiger partial charge in [0, 0.05) is 10.0 Å². The third kappa shape index (κ3) is 4.69. The van der Waals surface area contributed by atoms with Gasteiger partial charge in [0.1, 0.15) is 5.75 Å². The van der Waals surface area contributed by atoms with Crippen LogP contribution in [0.2, 0.25) is 0 Å². The van der Waals surface area contributed by atoms with E-state index in [1.54, 1.807) is 6.08 Å². The van der Waals surface area contributed by atoms with E-state index in [9.17, 15) is 13.2 Å². The van der Waals surface area contributed by atoms with Crippen LogP contribution < -0.4 is 26.0 Å². The summed E-state index contributed by atoms with van der Waals surface area (Å²) in [7, 11) is -3.81. The summed E-state index contributed by atoms with van der Waals surface area (Å²) in [6.45, 7) is 7.76. The third-order valence-corrected chi connectivity index (χ3v) is 5.49. The second kappa shape index (κ2) is 8.02. The van der Waals surface area contributed by atoms with E-state index >= 15 is 0 Å². The van der Waals surface area contributed by atoms with Crippen LogP contribution in [0.5, 0.6) is 5.75 Å². The molecule has 0 aliphatic rings. The Bertz CT molecular complexity index is 1320. The summed E-state index contributed by atoms with van der Waals surface area (Å²) in [5.41, 5.74) is 0.861. The van der Waals surface area contributed by atoms with Gasteiger partial charge in [-0.3, -0.25) is 9.89 Å². The van der Waals surface area contributed by atoms with Crippen LogP contribution in [-0.2, 0) is 10.0 Å². The van der Waals surface area contributed by atoms with Gasteiger partial charge in [0.25, 0.3) is 5.56 Å². The van der Waals surface area contributed by atoms with Crippen molar-refractivity contribution in [2.24, 2.45) is 5.14 Å². The van der Waals surface area contributed by atoms with E-state index in [1.807, 2.05) is 32.0 Å². The highest BCUT2D eigenvalue weighted by molar-refractivity contribution is 9.10. The number of nitrogens with zero attached hydrogens (tertiary/aromatic N) is 1. The van der Waals surface area contributed by atoms with Gasteiger partial charge in [-0.2, -0.15) is 0 Å². The molecule has 0 unspecified atom stereocenters. The molecule has 0 saturated carbocycles. The smallest absolute Gasteiger partial charge is 0.279 e. The molecule has 0 atom stereocenters. The molecule has 0 spiro atoms. The Morgan fingerprint density at radius 3 is 2.45 bits per heavy atom. The molecule has 1 aromatic heterocycles. The van der Waals surface area contributed by atoms with Crippen molar-refractivity contribution in [3.8, 4) is 11.4 Å². The molecule has 1 heterocycles. The van der Waals surface area contributed by atoms with Crippen molar-refractivity contribution in [2.75, 3.05) is 0 Å². The van der Waals surface area contributed by atoms with Gasteiger partial charge in [0.05, 0.1) is 27.3 Å². The number of aromatic nitrogens is 2. The molecule has 2 aromatic carbocycles. The molecular weight excluding hydrogens is 458 g/mol. The van der Waals surface area contributed by atoms with E-state index < -0.39 is 10.0 Å². The number of rotatable bonds is 5. The molecule has 0 aliphatic heterocycles. The summed E-state index contributed by atoms with van der Waals surface area (Å²) >= 11 is 3.44. The van der Waals surface area contributed by atoms with E-state index in [1.165, 1.54) is 28.9 Å². The summed E-state index contributed by atoms with van der Waals surface area (Å²) in [6.07, 6.45) is 1.68. The first-order valence-corrected chi connectivity index (χ1v) is 11.0. The summed E-state index contributed by atoms with van der Waals surface area (Å²) in [5, 5.41) is 8.81. The van der Waals surface area contributed by atoms with Crippen LogP contribution >= 0.6 is 15.9 Å². The number of hydrogen-bond acceptors (Lipinski definition) is 4. The van der Waals surface area contributed by atoms with Crippen LogP contribution in [0.25, 0.3) is 18.3 Å². The van der Waals surface area contributed by atoms with Crippen molar-refractivity contribution in [1.82, 2.24) is 9.78 Å². The number of aromatic amines is 1. The van der Waals surface area contributed by atoms with Gasteiger partial charge < -0.3 is 4.74 Å². The fraction of sp³-hybridized carbons (Fsp3) is 0.150. The molecule has 0 amide bonds. The summed E-state index contributed by atoms with van der Waals surface area (Å²) in [5.74, 6) is 0.646. The molecule has 152 valence electrons. The van der Waals surface area contributed by atoms with Gasteiger partial charge in [-0.25, -0.2) is 18.2 Å². The summed E-state index contributed by atoms with van der Waals surface area (Å²) in [4.78, 5) is 12.9. The first-order valence-electron chi connectivity index (χ1n) is 8.67.